The average Bonchev–Trinajstić information content (AvgIpc) is 2.78. The predicted molar refractivity (Wildman–Crippen MR) is 69.4 cm³/mol. The summed E-state index contributed by atoms with van der Waals surface area (Å²) in [7, 11) is 0. The lowest BCUT2D eigenvalue weighted by atomic mass is 10.1. The first-order valence-electron chi connectivity index (χ1n) is 6.01. The molecule has 0 atom stereocenters. The lowest BCUT2D eigenvalue weighted by Crippen LogP contribution is -2.44. The molecule has 1 aromatic rings. The van der Waals surface area contributed by atoms with E-state index < -0.39 is 0 Å². The van der Waals surface area contributed by atoms with E-state index in [1.807, 2.05) is 6.92 Å². The number of likely N-dealkylation sites (tertiary alicyclic amines) is 1. The van der Waals surface area contributed by atoms with Crippen LogP contribution >= 0.6 is 11.3 Å². The van der Waals surface area contributed by atoms with Crippen molar-refractivity contribution in [1.82, 2.24) is 15.2 Å². The summed E-state index contributed by atoms with van der Waals surface area (Å²) >= 11 is 1.38. The van der Waals surface area contributed by atoms with Crippen molar-refractivity contribution in [3.8, 4) is 6.07 Å². The van der Waals surface area contributed by atoms with Crippen molar-refractivity contribution in [2.75, 3.05) is 19.6 Å². The summed E-state index contributed by atoms with van der Waals surface area (Å²) in [4.78, 5) is 18.9. The van der Waals surface area contributed by atoms with Gasteiger partial charge in [-0.3, -0.25) is 9.69 Å². The SMILES string of the molecule is Cc1ncsc1C(=O)NC1CCN(CC#N)CC1. The number of carbonyl (C=O) groups excluding carboxylic acids is 1. The van der Waals surface area contributed by atoms with Crippen LogP contribution < -0.4 is 5.32 Å². The lowest BCUT2D eigenvalue weighted by Gasteiger charge is -2.30. The van der Waals surface area contributed by atoms with Crippen molar-refractivity contribution in [3.63, 3.8) is 0 Å². The highest BCUT2D eigenvalue weighted by Crippen LogP contribution is 2.14. The molecule has 1 aliphatic rings. The van der Waals surface area contributed by atoms with Crippen LogP contribution in [-0.2, 0) is 0 Å². The van der Waals surface area contributed by atoms with Crippen LogP contribution in [0.2, 0.25) is 0 Å². The Balaban J connectivity index is 1.84. The van der Waals surface area contributed by atoms with Gasteiger partial charge in [-0.05, 0) is 19.8 Å². The van der Waals surface area contributed by atoms with Crippen molar-refractivity contribution in [1.29, 1.82) is 5.26 Å². The molecule has 0 radical (unpaired) electrons. The number of aryl methyl sites for hydroxylation is 1. The fraction of sp³-hybridized carbons (Fsp3) is 0.583. The van der Waals surface area contributed by atoms with Crippen LogP contribution in [0.25, 0.3) is 0 Å². The largest absolute Gasteiger partial charge is 0.348 e. The molecule has 6 heteroatoms. The van der Waals surface area contributed by atoms with Crippen LogP contribution in [0.3, 0.4) is 0 Å². The third-order valence-corrected chi connectivity index (χ3v) is 4.10. The Labute approximate surface area is 110 Å². The van der Waals surface area contributed by atoms with Crippen LogP contribution in [0.1, 0.15) is 28.2 Å². The molecule has 1 fully saturated rings. The van der Waals surface area contributed by atoms with E-state index in [4.69, 9.17) is 5.26 Å². The molecule has 96 valence electrons. The highest BCUT2D eigenvalue weighted by molar-refractivity contribution is 7.11. The number of nitriles is 1. The third kappa shape index (κ3) is 3.06. The minimum absolute atomic E-state index is 0.0197. The maximum Gasteiger partial charge on any atom is 0.263 e. The molecule has 0 saturated carbocycles. The Morgan fingerprint density at radius 2 is 2.39 bits per heavy atom. The average molecular weight is 264 g/mol. The van der Waals surface area contributed by atoms with E-state index in [0.717, 1.165) is 31.6 Å². The Bertz CT molecular complexity index is 457. The van der Waals surface area contributed by atoms with Gasteiger partial charge in [0.25, 0.3) is 5.91 Å². The number of hydrogen-bond acceptors (Lipinski definition) is 5. The first-order valence-corrected chi connectivity index (χ1v) is 6.89. The van der Waals surface area contributed by atoms with Crippen molar-refractivity contribution in [2.45, 2.75) is 25.8 Å². The summed E-state index contributed by atoms with van der Waals surface area (Å²) in [5, 5.41) is 11.7. The first-order chi connectivity index (χ1) is 8.70. The fourth-order valence-corrected chi connectivity index (χ4v) is 2.81. The summed E-state index contributed by atoms with van der Waals surface area (Å²) in [6.45, 7) is 4.08. The fourth-order valence-electron chi connectivity index (χ4n) is 2.11. The summed E-state index contributed by atoms with van der Waals surface area (Å²) in [6, 6.07) is 2.37. The molecule has 2 rings (SSSR count). The van der Waals surface area contributed by atoms with E-state index in [-0.39, 0.29) is 11.9 Å². The second kappa shape index (κ2) is 5.94. The van der Waals surface area contributed by atoms with Gasteiger partial charge in [0.2, 0.25) is 0 Å². The second-order valence-electron chi connectivity index (χ2n) is 4.45. The molecule has 1 amide bonds. The molecule has 1 aromatic heterocycles. The van der Waals surface area contributed by atoms with Crippen LogP contribution in [0.15, 0.2) is 5.51 Å². The number of aromatic nitrogens is 1. The Kier molecular flexibility index (Phi) is 4.28. The van der Waals surface area contributed by atoms with Crippen LogP contribution in [0.5, 0.6) is 0 Å². The molecule has 1 aliphatic heterocycles. The smallest absolute Gasteiger partial charge is 0.263 e. The molecule has 0 unspecified atom stereocenters. The normalized spacial score (nSPS) is 17.3. The molecule has 1 N–H and O–H groups in total. The Morgan fingerprint density at radius 3 is 2.94 bits per heavy atom. The number of nitrogens with one attached hydrogen (secondary N) is 1. The van der Waals surface area contributed by atoms with Crippen molar-refractivity contribution in [2.24, 2.45) is 0 Å². The van der Waals surface area contributed by atoms with E-state index in [0.29, 0.717) is 11.4 Å². The molecule has 0 aliphatic carbocycles. The van der Waals surface area contributed by atoms with Gasteiger partial charge in [0.05, 0.1) is 23.8 Å². The van der Waals surface area contributed by atoms with Gasteiger partial charge in [-0.15, -0.1) is 11.3 Å². The van der Waals surface area contributed by atoms with Gasteiger partial charge < -0.3 is 5.32 Å². The molecule has 0 aromatic carbocycles. The number of hydrogen-bond donors (Lipinski definition) is 1. The summed E-state index contributed by atoms with van der Waals surface area (Å²) < 4.78 is 0. The monoisotopic (exact) mass is 264 g/mol. The van der Waals surface area contributed by atoms with Gasteiger partial charge in [0.15, 0.2) is 0 Å². The summed E-state index contributed by atoms with van der Waals surface area (Å²) in [5.74, 6) is -0.0197. The molecule has 5 nitrogen and oxygen atoms in total. The lowest BCUT2D eigenvalue weighted by molar-refractivity contribution is 0.0917. The quantitative estimate of drug-likeness (QED) is 0.832. The molecule has 0 spiro atoms. The summed E-state index contributed by atoms with van der Waals surface area (Å²) in [6.07, 6.45) is 1.82. The van der Waals surface area contributed by atoms with E-state index in [1.165, 1.54) is 11.3 Å². The molecular formula is C12H16N4OS. The van der Waals surface area contributed by atoms with Crippen molar-refractivity contribution in [3.05, 3.63) is 16.1 Å². The van der Waals surface area contributed by atoms with Gasteiger partial charge in [-0.2, -0.15) is 5.26 Å². The maximum absolute atomic E-state index is 12.0. The van der Waals surface area contributed by atoms with Gasteiger partial charge in [-0.1, -0.05) is 0 Å². The Hall–Kier alpha value is -1.45. The van der Waals surface area contributed by atoms with Gasteiger partial charge >= 0.3 is 0 Å². The number of thiazole rings is 1. The molecule has 18 heavy (non-hydrogen) atoms. The number of nitrogens with zero attached hydrogens (tertiary/aromatic N) is 3. The zero-order valence-corrected chi connectivity index (χ0v) is 11.2. The van der Waals surface area contributed by atoms with Gasteiger partial charge in [0.1, 0.15) is 4.88 Å². The van der Waals surface area contributed by atoms with Crippen LogP contribution in [-0.4, -0.2) is 41.5 Å². The number of amides is 1. The Morgan fingerprint density at radius 1 is 1.67 bits per heavy atom. The third-order valence-electron chi connectivity index (χ3n) is 3.17. The minimum atomic E-state index is -0.0197. The maximum atomic E-state index is 12.0. The van der Waals surface area contributed by atoms with E-state index >= 15 is 0 Å². The number of rotatable bonds is 3. The second-order valence-corrected chi connectivity index (χ2v) is 5.30. The van der Waals surface area contributed by atoms with Crippen molar-refractivity contribution < 1.29 is 4.79 Å². The summed E-state index contributed by atoms with van der Waals surface area (Å²) in [5.41, 5.74) is 2.49. The van der Waals surface area contributed by atoms with Gasteiger partial charge in [0, 0.05) is 19.1 Å². The number of carbonyl (C=O) groups is 1. The zero-order chi connectivity index (χ0) is 13.0. The molecule has 0 bridgehead atoms. The van der Waals surface area contributed by atoms with Gasteiger partial charge in [-0.25, -0.2) is 4.98 Å². The molecule has 2 heterocycles. The molecule has 1 saturated heterocycles. The zero-order valence-electron chi connectivity index (χ0n) is 10.3. The van der Waals surface area contributed by atoms with E-state index in [2.05, 4.69) is 21.3 Å². The van der Waals surface area contributed by atoms with Crippen molar-refractivity contribution >= 4 is 17.2 Å². The van der Waals surface area contributed by atoms with Crippen LogP contribution in [0.4, 0.5) is 0 Å². The topological polar surface area (TPSA) is 69.0 Å². The standard InChI is InChI=1S/C12H16N4OS/c1-9-11(18-8-14-9)12(17)15-10-2-5-16(6-3-10)7-4-13/h8,10H,2-3,5-7H2,1H3,(H,15,17). The minimum Gasteiger partial charge on any atom is -0.348 e. The number of piperidine rings is 1. The van der Waals surface area contributed by atoms with E-state index in [1.54, 1.807) is 5.51 Å². The highest BCUT2D eigenvalue weighted by atomic mass is 32.1. The van der Waals surface area contributed by atoms with E-state index in [9.17, 15) is 4.79 Å². The predicted octanol–water partition coefficient (Wildman–Crippen LogP) is 1.17. The first kappa shape index (κ1) is 13.0. The highest BCUT2D eigenvalue weighted by Gasteiger charge is 2.22. The molecular weight excluding hydrogens is 248 g/mol. The van der Waals surface area contributed by atoms with Crippen LogP contribution in [0, 0.1) is 18.3 Å².